The van der Waals surface area contributed by atoms with Gasteiger partial charge in [-0.05, 0) is 47.5 Å². The summed E-state index contributed by atoms with van der Waals surface area (Å²) in [6.07, 6.45) is 1.87. The van der Waals surface area contributed by atoms with Crippen molar-refractivity contribution in [2.75, 3.05) is 32.2 Å². The number of rotatable bonds is 6. The van der Waals surface area contributed by atoms with Crippen LogP contribution in [0.2, 0.25) is 0 Å². The Balaban J connectivity index is 1.48. The van der Waals surface area contributed by atoms with Crippen molar-refractivity contribution in [3.63, 3.8) is 0 Å². The molecule has 1 aliphatic rings. The van der Waals surface area contributed by atoms with Crippen LogP contribution < -0.4 is 10.1 Å². The molecule has 1 atom stereocenters. The van der Waals surface area contributed by atoms with Crippen LogP contribution in [-0.2, 0) is 16.1 Å². The van der Waals surface area contributed by atoms with Gasteiger partial charge in [0.25, 0.3) is 0 Å². The Morgan fingerprint density at radius 2 is 2.00 bits per heavy atom. The molecule has 1 fully saturated rings. The molecule has 3 aromatic rings. The summed E-state index contributed by atoms with van der Waals surface area (Å²) < 4.78 is 11.0. The third kappa shape index (κ3) is 4.69. The zero-order valence-corrected chi connectivity index (χ0v) is 17.2. The van der Waals surface area contributed by atoms with Crippen LogP contribution in [0.3, 0.4) is 0 Å². The number of imidazole rings is 1. The van der Waals surface area contributed by atoms with Crippen LogP contribution in [0, 0.1) is 0 Å². The van der Waals surface area contributed by atoms with Gasteiger partial charge in [-0.3, -0.25) is 9.69 Å². The molecule has 30 heavy (non-hydrogen) atoms. The molecule has 1 aromatic heterocycles. The van der Waals surface area contributed by atoms with Gasteiger partial charge in [0.15, 0.2) is 0 Å². The number of aromatic nitrogens is 2. The third-order valence-electron chi connectivity index (χ3n) is 5.21. The van der Waals surface area contributed by atoms with Crippen molar-refractivity contribution in [3.05, 3.63) is 66.1 Å². The van der Waals surface area contributed by atoms with Gasteiger partial charge < -0.3 is 19.8 Å². The number of morpholine rings is 1. The van der Waals surface area contributed by atoms with Crippen LogP contribution >= 0.6 is 0 Å². The van der Waals surface area contributed by atoms with E-state index >= 15 is 0 Å². The van der Waals surface area contributed by atoms with Gasteiger partial charge in [-0.25, -0.2) is 4.98 Å². The number of aromatic amines is 1. The fourth-order valence-electron chi connectivity index (χ4n) is 3.63. The minimum atomic E-state index is -0.0681. The van der Waals surface area contributed by atoms with E-state index in [4.69, 9.17) is 9.47 Å². The Kier molecular flexibility index (Phi) is 6.11. The number of amides is 1. The normalized spacial score (nSPS) is 16.9. The topological polar surface area (TPSA) is 79.5 Å². The number of carbonyl (C=O) groups is 1. The van der Waals surface area contributed by atoms with E-state index in [1.54, 1.807) is 7.11 Å². The van der Waals surface area contributed by atoms with Crippen LogP contribution in [0.4, 0.5) is 5.69 Å². The molecule has 2 N–H and O–H groups in total. The molecule has 7 nitrogen and oxygen atoms in total. The van der Waals surface area contributed by atoms with Gasteiger partial charge in [0.05, 0.1) is 38.3 Å². The Morgan fingerprint density at radius 3 is 2.70 bits per heavy atom. The smallest absolute Gasteiger partial charge is 0.221 e. The Bertz CT molecular complexity index is 982. The molecule has 0 spiro atoms. The lowest BCUT2D eigenvalue weighted by atomic mass is 10.1. The van der Waals surface area contributed by atoms with E-state index in [1.807, 2.05) is 54.7 Å². The molecule has 1 saturated heterocycles. The second-order valence-corrected chi connectivity index (χ2v) is 7.35. The van der Waals surface area contributed by atoms with Gasteiger partial charge in [-0.2, -0.15) is 0 Å². The van der Waals surface area contributed by atoms with Crippen LogP contribution in [0.15, 0.2) is 54.7 Å². The summed E-state index contributed by atoms with van der Waals surface area (Å²) in [4.78, 5) is 21.7. The van der Waals surface area contributed by atoms with Crippen molar-refractivity contribution in [1.29, 1.82) is 0 Å². The number of hydrogen-bond donors (Lipinski definition) is 2. The van der Waals surface area contributed by atoms with E-state index in [-0.39, 0.29) is 11.9 Å². The average molecular weight is 406 g/mol. The summed E-state index contributed by atoms with van der Waals surface area (Å²) in [7, 11) is 1.66. The van der Waals surface area contributed by atoms with E-state index in [0.29, 0.717) is 13.2 Å². The fraction of sp³-hybridized carbons (Fsp3) is 0.304. The first kappa shape index (κ1) is 20.1. The Labute approximate surface area is 176 Å². The highest BCUT2D eigenvalue weighted by atomic mass is 16.5. The molecule has 156 valence electrons. The van der Waals surface area contributed by atoms with Crippen molar-refractivity contribution in [3.8, 4) is 17.0 Å². The molecule has 1 amide bonds. The average Bonchev–Trinajstić information content (AvgIpc) is 3.25. The number of H-pyrrole nitrogens is 1. The van der Waals surface area contributed by atoms with Gasteiger partial charge in [-0.15, -0.1) is 0 Å². The highest BCUT2D eigenvalue weighted by molar-refractivity contribution is 5.88. The summed E-state index contributed by atoms with van der Waals surface area (Å²) in [5.41, 5.74) is 4.02. The lowest BCUT2D eigenvalue weighted by Gasteiger charge is -2.34. The molecule has 0 saturated carbocycles. The molecule has 4 rings (SSSR count). The molecule has 2 aromatic carbocycles. The number of anilines is 1. The van der Waals surface area contributed by atoms with Crippen molar-refractivity contribution in [2.24, 2.45) is 0 Å². The minimum absolute atomic E-state index is 0.0563. The molecule has 0 aliphatic carbocycles. The first-order valence-corrected chi connectivity index (χ1v) is 10.00. The second-order valence-electron chi connectivity index (χ2n) is 7.35. The SMILES string of the molecule is COc1ccc(-c2cnc(C3COCCN3Cc3ccc(NC(C)=O)cc3)[nH]2)cc1. The number of carbonyl (C=O) groups excluding carboxylic acids is 1. The van der Waals surface area contributed by atoms with Gasteiger partial charge in [-0.1, -0.05) is 12.1 Å². The fourth-order valence-corrected chi connectivity index (χ4v) is 3.63. The number of ether oxygens (including phenoxy) is 2. The molecular formula is C23H26N4O3. The zero-order valence-electron chi connectivity index (χ0n) is 17.2. The first-order valence-electron chi connectivity index (χ1n) is 10.00. The number of methoxy groups -OCH3 is 1. The first-order chi connectivity index (χ1) is 14.6. The van der Waals surface area contributed by atoms with Crippen LogP contribution in [0.1, 0.15) is 24.4 Å². The molecule has 0 radical (unpaired) electrons. The standard InChI is InChI=1S/C23H26N4O3/c1-16(28)25-19-7-3-17(4-8-19)14-27-11-12-30-15-22(27)23-24-13-21(26-23)18-5-9-20(29-2)10-6-18/h3-10,13,22H,11-12,14-15H2,1-2H3,(H,24,26)(H,25,28). The van der Waals surface area contributed by atoms with Gasteiger partial charge in [0.1, 0.15) is 11.6 Å². The third-order valence-corrected chi connectivity index (χ3v) is 5.21. The quantitative estimate of drug-likeness (QED) is 0.654. The largest absolute Gasteiger partial charge is 0.497 e. The van der Waals surface area contributed by atoms with Crippen molar-refractivity contribution in [1.82, 2.24) is 14.9 Å². The van der Waals surface area contributed by atoms with Crippen LogP contribution in [0.25, 0.3) is 11.3 Å². The number of nitrogens with one attached hydrogen (secondary N) is 2. The van der Waals surface area contributed by atoms with Gasteiger partial charge >= 0.3 is 0 Å². The maximum atomic E-state index is 11.2. The molecule has 1 unspecified atom stereocenters. The Hall–Kier alpha value is -3.16. The zero-order chi connectivity index (χ0) is 20.9. The molecule has 1 aliphatic heterocycles. The highest BCUT2D eigenvalue weighted by Crippen LogP contribution is 2.27. The predicted octanol–water partition coefficient (Wildman–Crippen LogP) is 3.62. The highest BCUT2D eigenvalue weighted by Gasteiger charge is 2.27. The summed E-state index contributed by atoms with van der Waals surface area (Å²) in [5, 5.41) is 2.80. The van der Waals surface area contributed by atoms with E-state index < -0.39 is 0 Å². The number of hydrogen-bond acceptors (Lipinski definition) is 5. The molecule has 2 heterocycles. The van der Waals surface area contributed by atoms with Gasteiger partial charge in [0, 0.05) is 25.7 Å². The maximum absolute atomic E-state index is 11.2. The predicted molar refractivity (Wildman–Crippen MR) is 115 cm³/mol. The molecule has 0 bridgehead atoms. The van der Waals surface area contributed by atoms with E-state index in [1.165, 1.54) is 12.5 Å². The summed E-state index contributed by atoms with van der Waals surface area (Å²) >= 11 is 0. The second kappa shape index (κ2) is 9.11. The van der Waals surface area contributed by atoms with Crippen LogP contribution in [0.5, 0.6) is 5.75 Å². The molecular weight excluding hydrogens is 380 g/mol. The lowest BCUT2D eigenvalue weighted by Crippen LogP contribution is -2.39. The lowest BCUT2D eigenvalue weighted by molar-refractivity contribution is -0.114. The number of benzene rings is 2. The van der Waals surface area contributed by atoms with Crippen molar-refractivity contribution >= 4 is 11.6 Å². The summed E-state index contributed by atoms with van der Waals surface area (Å²) in [6, 6.07) is 15.9. The van der Waals surface area contributed by atoms with E-state index in [2.05, 4.69) is 20.2 Å². The van der Waals surface area contributed by atoms with E-state index in [9.17, 15) is 4.79 Å². The van der Waals surface area contributed by atoms with E-state index in [0.717, 1.165) is 41.6 Å². The molecule has 7 heteroatoms. The van der Waals surface area contributed by atoms with Gasteiger partial charge in [0.2, 0.25) is 5.91 Å². The van der Waals surface area contributed by atoms with Crippen LogP contribution in [-0.4, -0.2) is 47.6 Å². The minimum Gasteiger partial charge on any atom is -0.497 e. The van der Waals surface area contributed by atoms with Crippen molar-refractivity contribution < 1.29 is 14.3 Å². The maximum Gasteiger partial charge on any atom is 0.221 e. The monoisotopic (exact) mass is 406 g/mol. The summed E-state index contributed by atoms with van der Waals surface area (Å²) in [5.74, 6) is 1.66. The number of nitrogens with zero attached hydrogens (tertiary/aromatic N) is 2. The van der Waals surface area contributed by atoms with Crippen molar-refractivity contribution in [2.45, 2.75) is 19.5 Å². The Morgan fingerprint density at radius 1 is 1.23 bits per heavy atom. The summed E-state index contributed by atoms with van der Waals surface area (Å²) in [6.45, 7) is 4.42.